The van der Waals surface area contributed by atoms with Gasteiger partial charge in [-0.05, 0) is 22.8 Å². The van der Waals surface area contributed by atoms with E-state index in [1.165, 1.54) is 0 Å². The fourth-order valence-corrected chi connectivity index (χ4v) is 4.94. The van der Waals surface area contributed by atoms with Gasteiger partial charge in [-0.3, -0.25) is 19.2 Å². The van der Waals surface area contributed by atoms with Crippen LogP contribution in [0.4, 0.5) is 0 Å². The Kier molecular flexibility index (Phi) is 11.0. The fourth-order valence-electron chi connectivity index (χ4n) is 4.94. The lowest BCUT2D eigenvalue weighted by Gasteiger charge is -2.25. The molecule has 12 heteroatoms. The molecule has 12 nitrogen and oxygen atoms in total. The molecule has 0 bridgehead atoms. The lowest BCUT2D eigenvalue weighted by atomic mass is 10.0. The van der Waals surface area contributed by atoms with Crippen LogP contribution in [0.25, 0.3) is 10.9 Å². The third-order valence-electron chi connectivity index (χ3n) is 7.28. The molecule has 4 atom stereocenters. The number of H-pyrrole nitrogens is 1. The van der Waals surface area contributed by atoms with Crippen LogP contribution in [0.5, 0.6) is 0 Å². The second-order valence-electron chi connectivity index (χ2n) is 10.7. The molecule has 0 saturated heterocycles. The normalized spacial score (nSPS) is 13.6. The Morgan fingerprint density at radius 2 is 1.13 bits per heavy atom. The highest BCUT2D eigenvalue weighted by molar-refractivity contribution is 5.95. The number of aliphatic carboxylic acids is 2. The molecule has 1 aromatic heterocycles. The summed E-state index contributed by atoms with van der Waals surface area (Å²) in [7, 11) is 0. The van der Waals surface area contributed by atoms with E-state index >= 15 is 0 Å². The Morgan fingerprint density at radius 3 is 1.71 bits per heavy atom. The van der Waals surface area contributed by atoms with Gasteiger partial charge in [-0.15, -0.1) is 0 Å². The number of benzene rings is 3. The monoisotopic (exact) mass is 613 g/mol. The number of carbonyl (C=O) groups excluding carboxylic acids is 3. The molecule has 234 valence electrons. The molecule has 0 aliphatic rings. The molecule has 3 amide bonds. The van der Waals surface area contributed by atoms with Crippen molar-refractivity contribution in [3.05, 3.63) is 108 Å². The number of amides is 3. The number of para-hydroxylation sites is 1. The molecule has 0 fully saturated rings. The summed E-state index contributed by atoms with van der Waals surface area (Å²) in [6.45, 7) is 0. The Balaban J connectivity index is 1.60. The summed E-state index contributed by atoms with van der Waals surface area (Å²) in [5.74, 6) is -4.83. The Bertz CT molecular complexity index is 1640. The number of hydrogen-bond donors (Lipinski definition) is 7. The van der Waals surface area contributed by atoms with E-state index in [9.17, 15) is 29.1 Å². The van der Waals surface area contributed by atoms with Gasteiger partial charge < -0.3 is 36.9 Å². The van der Waals surface area contributed by atoms with Crippen LogP contribution in [0.2, 0.25) is 0 Å². The van der Waals surface area contributed by atoms with Crippen molar-refractivity contribution in [2.75, 3.05) is 0 Å². The number of carboxylic acid groups (broad SMARTS) is 2. The number of carboxylic acids is 2. The van der Waals surface area contributed by atoms with E-state index in [2.05, 4.69) is 20.9 Å². The summed E-state index contributed by atoms with van der Waals surface area (Å²) in [6, 6.07) is 19.9. The topological polar surface area (TPSA) is 204 Å². The third kappa shape index (κ3) is 9.25. The first-order valence-electron chi connectivity index (χ1n) is 14.3. The van der Waals surface area contributed by atoms with Crippen molar-refractivity contribution in [1.29, 1.82) is 0 Å². The average Bonchev–Trinajstić information content (AvgIpc) is 3.43. The zero-order chi connectivity index (χ0) is 32.3. The van der Waals surface area contributed by atoms with Crippen molar-refractivity contribution < 1.29 is 34.2 Å². The summed E-state index contributed by atoms with van der Waals surface area (Å²) in [5.41, 5.74) is 8.66. The molecule has 0 saturated carbocycles. The Labute approximate surface area is 259 Å². The summed E-state index contributed by atoms with van der Waals surface area (Å²) in [6.07, 6.45) is 1.11. The molecule has 0 spiro atoms. The molecule has 0 aliphatic carbocycles. The van der Waals surface area contributed by atoms with E-state index in [0.29, 0.717) is 16.7 Å². The number of rotatable bonds is 15. The van der Waals surface area contributed by atoms with E-state index in [1.807, 2.05) is 24.3 Å². The lowest BCUT2D eigenvalue weighted by molar-refractivity contribution is -0.142. The van der Waals surface area contributed by atoms with Gasteiger partial charge in [0.05, 0.1) is 12.5 Å². The molecule has 0 aliphatic heterocycles. The number of nitrogens with two attached hydrogens (primary N) is 1. The predicted octanol–water partition coefficient (Wildman–Crippen LogP) is 1.54. The molecular formula is C33H35N5O7. The number of nitrogens with one attached hydrogen (secondary N) is 4. The van der Waals surface area contributed by atoms with Gasteiger partial charge in [-0.2, -0.15) is 0 Å². The molecule has 0 radical (unpaired) electrons. The van der Waals surface area contributed by atoms with E-state index in [0.717, 1.165) is 10.9 Å². The molecular weight excluding hydrogens is 578 g/mol. The van der Waals surface area contributed by atoms with Crippen molar-refractivity contribution in [2.45, 2.75) is 49.9 Å². The van der Waals surface area contributed by atoms with Gasteiger partial charge in [-0.25, -0.2) is 4.79 Å². The van der Waals surface area contributed by atoms with Crippen LogP contribution in [-0.2, 0) is 43.2 Å². The molecule has 4 unspecified atom stereocenters. The molecule has 3 aromatic carbocycles. The van der Waals surface area contributed by atoms with Crippen LogP contribution in [0.3, 0.4) is 0 Å². The first kappa shape index (κ1) is 32.4. The number of hydrogen-bond acceptors (Lipinski definition) is 6. The first-order chi connectivity index (χ1) is 21.6. The van der Waals surface area contributed by atoms with Gasteiger partial charge in [0.25, 0.3) is 0 Å². The van der Waals surface area contributed by atoms with Gasteiger partial charge in [0.2, 0.25) is 17.7 Å². The van der Waals surface area contributed by atoms with Crippen LogP contribution in [0.1, 0.15) is 23.1 Å². The van der Waals surface area contributed by atoms with Crippen molar-refractivity contribution in [3.8, 4) is 0 Å². The quantitative estimate of drug-likeness (QED) is 0.105. The highest BCUT2D eigenvalue weighted by Gasteiger charge is 2.31. The minimum absolute atomic E-state index is 0.00376. The fraction of sp³-hybridized carbons (Fsp3) is 0.242. The second kappa shape index (κ2) is 15.3. The van der Waals surface area contributed by atoms with Crippen molar-refractivity contribution in [1.82, 2.24) is 20.9 Å². The summed E-state index contributed by atoms with van der Waals surface area (Å²) in [5, 5.41) is 27.6. The maximum Gasteiger partial charge on any atom is 0.326 e. The van der Waals surface area contributed by atoms with Crippen LogP contribution in [0.15, 0.2) is 91.1 Å². The summed E-state index contributed by atoms with van der Waals surface area (Å²) < 4.78 is 0. The van der Waals surface area contributed by atoms with Gasteiger partial charge >= 0.3 is 11.9 Å². The minimum Gasteiger partial charge on any atom is -0.481 e. The van der Waals surface area contributed by atoms with Crippen LogP contribution >= 0.6 is 0 Å². The SMILES string of the molecule is NC(CC(=O)O)C(=O)NC(Cc1ccccc1)C(=O)NC(Cc1c[nH]c2ccccc12)C(=O)NC(Cc1ccccc1)C(=O)O. The Morgan fingerprint density at radius 1 is 0.644 bits per heavy atom. The molecule has 8 N–H and O–H groups in total. The zero-order valence-corrected chi connectivity index (χ0v) is 24.3. The van der Waals surface area contributed by atoms with Gasteiger partial charge in [-0.1, -0.05) is 78.9 Å². The van der Waals surface area contributed by atoms with Gasteiger partial charge in [0, 0.05) is 36.4 Å². The van der Waals surface area contributed by atoms with Crippen LogP contribution < -0.4 is 21.7 Å². The maximum atomic E-state index is 13.8. The summed E-state index contributed by atoms with van der Waals surface area (Å²) >= 11 is 0. The molecule has 45 heavy (non-hydrogen) atoms. The Hall–Kier alpha value is -5.49. The van der Waals surface area contributed by atoms with Crippen molar-refractivity contribution >= 4 is 40.6 Å². The number of fused-ring (bicyclic) bond motifs is 1. The largest absolute Gasteiger partial charge is 0.481 e. The maximum absolute atomic E-state index is 13.8. The highest BCUT2D eigenvalue weighted by Crippen LogP contribution is 2.19. The number of aromatic amines is 1. The van der Waals surface area contributed by atoms with Crippen molar-refractivity contribution in [3.63, 3.8) is 0 Å². The molecule has 4 aromatic rings. The summed E-state index contributed by atoms with van der Waals surface area (Å²) in [4.78, 5) is 66.6. The standard InChI is InChI=1S/C33H35N5O7/c34-24(18-29(39)40)30(41)36-26(15-20-9-3-1-4-10-20)31(42)37-27(17-22-19-35-25-14-8-7-13-23(22)25)32(43)38-28(33(44)45)16-21-11-5-2-6-12-21/h1-14,19,24,26-28,35H,15-18,34H2,(H,36,41)(H,37,42)(H,38,43)(H,39,40)(H,44,45). The van der Waals surface area contributed by atoms with E-state index in [1.54, 1.807) is 66.9 Å². The zero-order valence-electron chi connectivity index (χ0n) is 24.3. The molecule has 1 heterocycles. The highest BCUT2D eigenvalue weighted by atomic mass is 16.4. The third-order valence-corrected chi connectivity index (χ3v) is 7.28. The minimum atomic E-state index is -1.41. The second-order valence-corrected chi connectivity index (χ2v) is 10.7. The number of aromatic nitrogens is 1. The number of carbonyl (C=O) groups is 5. The van der Waals surface area contributed by atoms with Crippen LogP contribution in [0, 0.1) is 0 Å². The smallest absolute Gasteiger partial charge is 0.326 e. The van der Waals surface area contributed by atoms with E-state index in [4.69, 9.17) is 10.8 Å². The van der Waals surface area contributed by atoms with Gasteiger partial charge in [0.15, 0.2) is 0 Å². The van der Waals surface area contributed by atoms with E-state index < -0.39 is 60.2 Å². The average molecular weight is 614 g/mol. The van der Waals surface area contributed by atoms with Gasteiger partial charge in [0.1, 0.15) is 18.1 Å². The molecule has 4 rings (SSSR count). The first-order valence-corrected chi connectivity index (χ1v) is 14.3. The van der Waals surface area contributed by atoms with Crippen LogP contribution in [-0.4, -0.2) is 69.0 Å². The predicted molar refractivity (Wildman–Crippen MR) is 166 cm³/mol. The van der Waals surface area contributed by atoms with E-state index in [-0.39, 0.29) is 19.3 Å². The van der Waals surface area contributed by atoms with Crippen molar-refractivity contribution in [2.24, 2.45) is 5.73 Å². The lowest BCUT2D eigenvalue weighted by Crippen LogP contribution is -2.58.